The van der Waals surface area contributed by atoms with Crippen molar-refractivity contribution in [3.05, 3.63) is 120 Å². The molecule has 4 aromatic carbocycles. The molecule has 0 bridgehead atoms. The number of hydrogen-bond acceptors (Lipinski definition) is 13. The number of para-hydroxylation sites is 2. The molecule has 0 aliphatic rings. The van der Waals surface area contributed by atoms with Crippen molar-refractivity contribution in [2.45, 2.75) is 6.54 Å². The lowest BCUT2D eigenvalue weighted by atomic mass is 10.1. The Labute approximate surface area is 320 Å². The fraction of sp³-hybridized carbons (Fsp3) is 0.238. The summed E-state index contributed by atoms with van der Waals surface area (Å²) in [6.45, 7) is 1.50. The highest BCUT2D eigenvalue weighted by Gasteiger charge is 2.22. The lowest BCUT2D eigenvalue weighted by Gasteiger charge is -2.17. The first-order chi connectivity index (χ1) is 26.3. The fourth-order valence-electron chi connectivity index (χ4n) is 5.47. The Balaban J connectivity index is 0.000000211. The number of benzene rings is 4. The monoisotopic (exact) mass is 749 g/mol. The molecule has 0 radical (unpaired) electrons. The minimum atomic E-state index is -0.686. The van der Waals surface area contributed by atoms with Gasteiger partial charge in [0.15, 0.2) is 22.9 Å². The summed E-state index contributed by atoms with van der Waals surface area (Å²) in [4.78, 5) is 38.1. The van der Waals surface area contributed by atoms with Gasteiger partial charge >= 0.3 is 11.9 Å². The van der Waals surface area contributed by atoms with Crippen LogP contribution in [0.3, 0.4) is 0 Å². The average molecular weight is 750 g/mol. The highest BCUT2D eigenvalue weighted by atomic mass is 16.5. The molecular formula is C42H47N5O8. The van der Waals surface area contributed by atoms with Crippen LogP contribution < -0.4 is 9.47 Å². The first kappa shape index (κ1) is 41.5. The van der Waals surface area contributed by atoms with E-state index in [4.69, 9.17) is 14.2 Å². The summed E-state index contributed by atoms with van der Waals surface area (Å²) >= 11 is 0. The molecule has 2 N–H and O–H groups in total. The number of esters is 2. The van der Waals surface area contributed by atoms with Gasteiger partial charge in [0.1, 0.15) is 23.0 Å². The Morgan fingerprint density at radius 1 is 0.582 bits per heavy atom. The van der Waals surface area contributed by atoms with E-state index in [2.05, 4.69) is 52.7 Å². The van der Waals surface area contributed by atoms with Crippen LogP contribution in [0.1, 0.15) is 26.7 Å². The molecule has 0 amide bonds. The summed E-state index contributed by atoms with van der Waals surface area (Å²) < 4.78 is 21.2. The van der Waals surface area contributed by atoms with E-state index >= 15 is 0 Å². The average Bonchev–Trinajstić information content (AvgIpc) is 3.16. The van der Waals surface area contributed by atoms with E-state index in [0.717, 1.165) is 6.67 Å². The topological polar surface area (TPSA) is 147 Å². The third kappa shape index (κ3) is 11.1. The van der Waals surface area contributed by atoms with Crippen LogP contribution in [0.25, 0.3) is 21.5 Å². The van der Waals surface area contributed by atoms with Crippen LogP contribution in [-0.2, 0) is 16.0 Å². The molecule has 13 heteroatoms. The van der Waals surface area contributed by atoms with Crippen molar-refractivity contribution in [1.82, 2.24) is 24.7 Å². The zero-order chi connectivity index (χ0) is 40.1. The Morgan fingerprint density at radius 3 is 1.58 bits per heavy atom. The van der Waals surface area contributed by atoms with Gasteiger partial charge in [-0.05, 0) is 78.7 Å². The van der Waals surface area contributed by atoms with Crippen LogP contribution in [0.15, 0.2) is 103 Å². The summed E-state index contributed by atoms with van der Waals surface area (Å²) in [5.41, 5.74) is 0.398. The van der Waals surface area contributed by atoms with Crippen LogP contribution >= 0.6 is 0 Å². The van der Waals surface area contributed by atoms with Crippen LogP contribution in [0.2, 0.25) is 0 Å². The van der Waals surface area contributed by atoms with E-state index in [1.807, 2.05) is 85.7 Å². The number of methoxy groups -OCH3 is 2. The second kappa shape index (κ2) is 19.7. The zero-order valence-electron chi connectivity index (χ0n) is 32.3. The van der Waals surface area contributed by atoms with E-state index < -0.39 is 11.9 Å². The molecule has 0 unspecified atom stereocenters. The first-order valence-electron chi connectivity index (χ1n) is 17.2. The minimum Gasteiger partial charge on any atom is -0.505 e. The largest absolute Gasteiger partial charge is 0.505 e. The normalized spacial score (nSPS) is 10.7. The SMILES string of the molecule is CN(C)CN(C)C.COC(=O)c1nc(CN(C)C)c2c(Oc3ccccc3)cccc2c1O.COC(=O)c1ncc2c(Oc3ccccc3)cccc2c1O. The number of nitrogens with zero attached hydrogens (tertiary/aromatic N) is 5. The summed E-state index contributed by atoms with van der Waals surface area (Å²) in [7, 11) is 14.5. The van der Waals surface area contributed by atoms with Crippen LogP contribution in [0.5, 0.6) is 34.5 Å². The summed E-state index contributed by atoms with van der Waals surface area (Å²) in [6.07, 6.45) is 1.49. The third-order valence-electron chi connectivity index (χ3n) is 7.64. The minimum absolute atomic E-state index is 0.103. The summed E-state index contributed by atoms with van der Waals surface area (Å²) in [5.74, 6) is 0.648. The number of rotatable bonds is 10. The van der Waals surface area contributed by atoms with Gasteiger partial charge in [-0.2, -0.15) is 0 Å². The number of carbonyl (C=O) groups is 2. The number of carbonyl (C=O) groups excluding carboxylic acids is 2. The van der Waals surface area contributed by atoms with E-state index in [1.54, 1.807) is 30.3 Å². The van der Waals surface area contributed by atoms with E-state index in [-0.39, 0.29) is 22.9 Å². The molecular weight excluding hydrogens is 702 g/mol. The lowest BCUT2D eigenvalue weighted by Crippen LogP contribution is -2.26. The van der Waals surface area contributed by atoms with Crippen LogP contribution in [0, 0.1) is 0 Å². The van der Waals surface area contributed by atoms with Crippen molar-refractivity contribution in [1.29, 1.82) is 0 Å². The molecule has 2 aromatic heterocycles. The molecule has 0 spiro atoms. The molecule has 6 aromatic rings. The van der Waals surface area contributed by atoms with Gasteiger partial charge in [-0.3, -0.25) is 9.80 Å². The molecule has 6 rings (SSSR count). The smallest absolute Gasteiger partial charge is 0.360 e. The van der Waals surface area contributed by atoms with E-state index in [0.29, 0.717) is 56.8 Å². The summed E-state index contributed by atoms with van der Waals surface area (Å²) in [6, 6.07) is 29.2. The second-order valence-corrected chi connectivity index (χ2v) is 13.0. The van der Waals surface area contributed by atoms with Gasteiger partial charge in [0.2, 0.25) is 0 Å². The number of aromatic nitrogens is 2. The van der Waals surface area contributed by atoms with Crippen molar-refractivity contribution < 1.29 is 38.7 Å². The van der Waals surface area contributed by atoms with Gasteiger partial charge in [0, 0.05) is 35.6 Å². The van der Waals surface area contributed by atoms with Crippen molar-refractivity contribution in [3.63, 3.8) is 0 Å². The van der Waals surface area contributed by atoms with Crippen molar-refractivity contribution in [2.75, 3.05) is 63.2 Å². The quantitative estimate of drug-likeness (QED) is 0.108. The molecule has 2 heterocycles. The van der Waals surface area contributed by atoms with Gasteiger partial charge < -0.3 is 34.1 Å². The zero-order valence-corrected chi connectivity index (χ0v) is 32.3. The Kier molecular flexibility index (Phi) is 14.9. The van der Waals surface area contributed by atoms with Crippen molar-refractivity contribution in [3.8, 4) is 34.5 Å². The molecule has 0 saturated heterocycles. The van der Waals surface area contributed by atoms with Gasteiger partial charge in [-0.1, -0.05) is 60.7 Å². The number of aromatic hydroxyl groups is 2. The summed E-state index contributed by atoms with van der Waals surface area (Å²) in [5, 5.41) is 23.0. The molecule has 288 valence electrons. The molecule has 13 nitrogen and oxygen atoms in total. The van der Waals surface area contributed by atoms with Crippen LogP contribution in [0.4, 0.5) is 0 Å². The molecule has 0 fully saturated rings. The molecule has 55 heavy (non-hydrogen) atoms. The number of pyridine rings is 2. The van der Waals surface area contributed by atoms with Gasteiger partial charge in [0.05, 0.1) is 25.3 Å². The molecule has 0 saturated carbocycles. The van der Waals surface area contributed by atoms with Crippen LogP contribution in [-0.4, -0.2) is 110 Å². The number of ether oxygens (including phenoxy) is 4. The maximum atomic E-state index is 12.0. The number of fused-ring (bicyclic) bond motifs is 2. The Bertz CT molecular complexity index is 2190. The number of hydrogen-bond donors (Lipinski definition) is 2. The van der Waals surface area contributed by atoms with E-state index in [9.17, 15) is 19.8 Å². The van der Waals surface area contributed by atoms with E-state index in [1.165, 1.54) is 20.4 Å². The molecule has 0 atom stereocenters. The maximum Gasteiger partial charge on any atom is 0.360 e. The third-order valence-corrected chi connectivity index (χ3v) is 7.64. The van der Waals surface area contributed by atoms with Crippen molar-refractivity contribution in [2.24, 2.45) is 0 Å². The second-order valence-electron chi connectivity index (χ2n) is 13.0. The van der Waals surface area contributed by atoms with Gasteiger partial charge in [0.25, 0.3) is 0 Å². The highest BCUT2D eigenvalue weighted by Crippen LogP contribution is 2.38. The highest BCUT2D eigenvalue weighted by molar-refractivity contribution is 6.02. The molecule has 0 aliphatic heterocycles. The fourth-order valence-corrected chi connectivity index (χ4v) is 5.47. The lowest BCUT2D eigenvalue weighted by molar-refractivity contribution is 0.0581. The standard InChI is InChI=1S/C20H20N2O4.C17H13NO4.C5H14N2/c1-22(2)12-15-17-14(19(23)18(21-15)20(24)25-3)10-7-11-16(17)26-13-8-5-4-6-9-13;1-21-17(20)15-16(19)12-8-5-9-14(13(12)10-18-15)22-11-6-3-2-4-7-11;1-6(2)5-7(3)4/h4-11,23H,12H2,1-3H3;2-10,19H,1H3;5H2,1-4H3. The Morgan fingerprint density at radius 2 is 1.07 bits per heavy atom. The predicted octanol–water partition coefficient (Wildman–Crippen LogP) is 7.17. The van der Waals surface area contributed by atoms with Gasteiger partial charge in [-0.25, -0.2) is 19.6 Å². The maximum absolute atomic E-state index is 12.0. The van der Waals surface area contributed by atoms with Crippen molar-refractivity contribution >= 4 is 33.5 Å². The molecule has 0 aliphatic carbocycles. The Hall–Kier alpha value is -6.28. The predicted molar refractivity (Wildman–Crippen MR) is 212 cm³/mol. The first-order valence-corrected chi connectivity index (χ1v) is 17.2. The van der Waals surface area contributed by atoms with Gasteiger partial charge in [-0.15, -0.1) is 0 Å².